The molecule has 4 rings (SSSR count). The molecule has 12 heteroatoms. The van der Waals surface area contributed by atoms with E-state index in [1.807, 2.05) is 40.7 Å². The number of carbonyl (C=O) groups is 3. The molecule has 43 heavy (non-hydrogen) atoms. The minimum absolute atomic E-state index is 0.0701. The Bertz CT molecular complexity index is 1280. The molecular weight excluding hydrogens is 552 g/mol. The summed E-state index contributed by atoms with van der Waals surface area (Å²) in [5.41, 5.74) is -0.901. The highest BCUT2D eigenvalue weighted by atomic mass is 16.4. The van der Waals surface area contributed by atoms with Gasteiger partial charge < -0.3 is 34.6 Å². The van der Waals surface area contributed by atoms with Crippen LogP contribution in [0, 0.1) is 11.8 Å². The summed E-state index contributed by atoms with van der Waals surface area (Å²) in [5, 5.41) is 23.6. The number of aliphatic hydroxyl groups is 1. The Balaban J connectivity index is 1.64. The summed E-state index contributed by atoms with van der Waals surface area (Å²) in [6.45, 7) is 13.4. The predicted molar refractivity (Wildman–Crippen MR) is 161 cm³/mol. The number of likely N-dealkylation sites (tertiary alicyclic amines) is 2. The largest absolute Gasteiger partial charge is 0.467 e. The lowest BCUT2D eigenvalue weighted by Crippen LogP contribution is -2.58. The molecule has 2 aromatic heterocycles. The van der Waals surface area contributed by atoms with Gasteiger partial charge in [0.25, 0.3) is 5.91 Å². The minimum Gasteiger partial charge on any atom is -0.467 e. The van der Waals surface area contributed by atoms with Crippen molar-refractivity contribution in [2.75, 3.05) is 38.0 Å². The quantitative estimate of drug-likeness (QED) is 0.412. The van der Waals surface area contributed by atoms with Gasteiger partial charge >= 0.3 is 6.09 Å². The Morgan fingerprint density at radius 2 is 1.88 bits per heavy atom. The second-order valence-electron chi connectivity index (χ2n) is 13.6. The third-order valence-electron chi connectivity index (χ3n) is 8.16. The Labute approximate surface area is 253 Å². The minimum atomic E-state index is -1.13. The molecule has 0 radical (unpaired) electrons. The number of carbonyl (C=O) groups excluding carboxylic acids is 2. The highest BCUT2D eigenvalue weighted by Crippen LogP contribution is 2.30. The van der Waals surface area contributed by atoms with Gasteiger partial charge in [0.05, 0.1) is 30.4 Å². The van der Waals surface area contributed by atoms with Crippen molar-refractivity contribution < 1.29 is 29.0 Å². The van der Waals surface area contributed by atoms with E-state index in [-0.39, 0.29) is 41.8 Å². The first-order valence-corrected chi connectivity index (χ1v) is 15.1. The van der Waals surface area contributed by atoms with Crippen molar-refractivity contribution in [2.45, 2.75) is 84.4 Å². The van der Waals surface area contributed by atoms with Crippen LogP contribution < -0.4 is 5.32 Å². The summed E-state index contributed by atoms with van der Waals surface area (Å²) in [5.74, 6) is 0.638. The van der Waals surface area contributed by atoms with Crippen molar-refractivity contribution in [2.24, 2.45) is 11.8 Å². The van der Waals surface area contributed by atoms with E-state index in [1.54, 1.807) is 29.1 Å². The molecule has 4 heterocycles. The maximum absolute atomic E-state index is 14.3. The molecule has 0 aromatic carbocycles. The second-order valence-corrected chi connectivity index (χ2v) is 13.6. The molecule has 236 valence electrons. The summed E-state index contributed by atoms with van der Waals surface area (Å²) < 4.78 is 5.47. The third-order valence-corrected chi connectivity index (χ3v) is 8.16. The monoisotopic (exact) mass is 598 g/mol. The molecule has 2 aliphatic heterocycles. The zero-order valence-electron chi connectivity index (χ0n) is 26.2. The lowest BCUT2D eigenvalue weighted by molar-refractivity contribution is -0.141. The average Bonchev–Trinajstić information content (AvgIpc) is 3.47. The van der Waals surface area contributed by atoms with Crippen LogP contribution in [0.4, 0.5) is 10.6 Å². The lowest BCUT2D eigenvalue weighted by Gasteiger charge is -2.44. The topological polar surface area (TPSA) is 152 Å². The van der Waals surface area contributed by atoms with Crippen molar-refractivity contribution in [3.05, 3.63) is 41.7 Å². The maximum Gasteiger partial charge on any atom is 0.407 e. The van der Waals surface area contributed by atoms with Crippen LogP contribution in [-0.2, 0) is 16.8 Å². The molecule has 0 spiro atoms. The van der Waals surface area contributed by atoms with E-state index >= 15 is 0 Å². The fraction of sp³-hybridized carbons (Fsp3) is 0.645. The van der Waals surface area contributed by atoms with Gasteiger partial charge in [-0.05, 0) is 44.2 Å². The molecule has 3 N–H and O–H groups in total. The smallest absolute Gasteiger partial charge is 0.407 e. The number of amides is 3. The van der Waals surface area contributed by atoms with Crippen molar-refractivity contribution in [1.29, 1.82) is 0 Å². The molecule has 2 aliphatic rings. The van der Waals surface area contributed by atoms with Gasteiger partial charge in [-0.1, -0.05) is 34.6 Å². The number of piperidine rings is 2. The molecule has 12 nitrogen and oxygen atoms in total. The van der Waals surface area contributed by atoms with Gasteiger partial charge in [0.2, 0.25) is 5.91 Å². The Morgan fingerprint density at radius 3 is 2.47 bits per heavy atom. The van der Waals surface area contributed by atoms with E-state index in [1.165, 1.54) is 11.1 Å². The Kier molecular flexibility index (Phi) is 9.68. The highest BCUT2D eigenvalue weighted by Gasteiger charge is 2.41. The molecule has 2 atom stereocenters. The van der Waals surface area contributed by atoms with E-state index in [0.717, 1.165) is 0 Å². The van der Waals surface area contributed by atoms with E-state index in [2.05, 4.69) is 10.3 Å². The van der Waals surface area contributed by atoms with Gasteiger partial charge in [-0.3, -0.25) is 9.59 Å². The molecule has 2 aromatic rings. The molecule has 0 saturated carbocycles. The number of nitrogens with one attached hydrogen (secondary N) is 1. The SMILES string of the molecule is CC(C)CN(C(=O)c1cnc(C(C)(C)C)nc1NCc1ccco1)[C@@H]1C[C@H](C(=O)N2CCC(C)(O)CC2)CN(C(=O)O)C1. The zero-order valence-corrected chi connectivity index (χ0v) is 26.2. The van der Waals surface area contributed by atoms with Gasteiger partial charge in [-0.25, -0.2) is 14.8 Å². The first-order chi connectivity index (χ1) is 20.1. The standard InChI is InChI=1S/C31H46N6O6/c1-20(2)17-37(22-14-21(18-36(19-22)29(40)41)26(38)35-11-9-31(6,42)10-12-35)27(39)24-16-33-28(30(3,4)5)34-25(24)32-15-23-8-7-13-43-23/h7-8,13,16,20-22,42H,9-12,14-15,17-19H2,1-6H3,(H,40,41)(H,32,33,34)/t21-,22+/m0/s1. The van der Waals surface area contributed by atoms with Crippen LogP contribution in [0.3, 0.4) is 0 Å². The number of carboxylic acid groups (broad SMARTS) is 1. The average molecular weight is 599 g/mol. The van der Waals surface area contributed by atoms with Crippen LogP contribution in [0.25, 0.3) is 0 Å². The van der Waals surface area contributed by atoms with Crippen molar-refractivity contribution in [3.63, 3.8) is 0 Å². The second kappa shape index (κ2) is 12.9. The van der Waals surface area contributed by atoms with Crippen LogP contribution in [0.5, 0.6) is 0 Å². The van der Waals surface area contributed by atoms with Crippen molar-refractivity contribution in [3.8, 4) is 0 Å². The van der Waals surface area contributed by atoms with E-state index in [9.17, 15) is 24.6 Å². The van der Waals surface area contributed by atoms with Crippen LogP contribution in [0.2, 0.25) is 0 Å². The predicted octanol–water partition coefficient (Wildman–Crippen LogP) is 3.82. The van der Waals surface area contributed by atoms with E-state index in [0.29, 0.717) is 62.8 Å². The Hall–Kier alpha value is -3.67. The van der Waals surface area contributed by atoms with Gasteiger partial charge in [0.1, 0.15) is 23.0 Å². The molecule has 0 unspecified atom stereocenters. The van der Waals surface area contributed by atoms with Crippen molar-refractivity contribution in [1.82, 2.24) is 24.7 Å². The summed E-state index contributed by atoms with van der Waals surface area (Å²) in [7, 11) is 0. The molecule has 3 amide bonds. The van der Waals surface area contributed by atoms with Crippen LogP contribution in [0.15, 0.2) is 29.0 Å². The number of nitrogens with zero attached hydrogens (tertiary/aromatic N) is 5. The zero-order chi connectivity index (χ0) is 31.5. The normalized spacial score (nSPS) is 20.7. The van der Waals surface area contributed by atoms with E-state index < -0.39 is 23.7 Å². The number of rotatable bonds is 8. The highest BCUT2D eigenvalue weighted by molar-refractivity contribution is 5.98. The summed E-state index contributed by atoms with van der Waals surface area (Å²) >= 11 is 0. The number of anilines is 1. The molecule has 2 fully saturated rings. The Morgan fingerprint density at radius 1 is 1.19 bits per heavy atom. The van der Waals surface area contributed by atoms with Crippen molar-refractivity contribution >= 4 is 23.7 Å². The fourth-order valence-corrected chi connectivity index (χ4v) is 5.66. The maximum atomic E-state index is 14.3. The number of hydrogen-bond acceptors (Lipinski definition) is 8. The van der Waals surface area contributed by atoms with Crippen LogP contribution >= 0.6 is 0 Å². The van der Waals surface area contributed by atoms with Crippen LogP contribution in [-0.4, -0.2) is 97.2 Å². The molecule has 2 saturated heterocycles. The van der Waals surface area contributed by atoms with E-state index in [4.69, 9.17) is 9.40 Å². The first kappa shape index (κ1) is 32.2. The summed E-state index contributed by atoms with van der Waals surface area (Å²) in [6.07, 6.45) is 3.26. The molecular formula is C31H46N6O6. The summed E-state index contributed by atoms with van der Waals surface area (Å²) in [6, 6.07) is 3.09. The van der Waals surface area contributed by atoms with Gasteiger partial charge in [0.15, 0.2) is 0 Å². The van der Waals surface area contributed by atoms with Gasteiger partial charge in [-0.2, -0.15) is 0 Å². The van der Waals surface area contributed by atoms with Gasteiger partial charge in [0, 0.05) is 44.3 Å². The molecule has 0 aliphatic carbocycles. The first-order valence-electron chi connectivity index (χ1n) is 15.1. The fourth-order valence-electron chi connectivity index (χ4n) is 5.66. The molecule has 0 bridgehead atoms. The van der Waals surface area contributed by atoms with Gasteiger partial charge in [-0.15, -0.1) is 0 Å². The van der Waals surface area contributed by atoms with Crippen LogP contribution in [0.1, 0.15) is 82.7 Å². The number of aromatic nitrogens is 2. The number of furan rings is 1. The number of hydrogen-bond donors (Lipinski definition) is 3. The third kappa shape index (κ3) is 8.04. The lowest BCUT2D eigenvalue weighted by atomic mass is 9.89. The summed E-state index contributed by atoms with van der Waals surface area (Å²) in [4.78, 5) is 54.1.